The molecule has 1 aromatic heterocycles. The maximum atomic E-state index is 5.99. The van der Waals surface area contributed by atoms with Crippen LogP contribution in [0.2, 0.25) is 0 Å². The summed E-state index contributed by atoms with van der Waals surface area (Å²) in [7, 11) is 0. The van der Waals surface area contributed by atoms with Crippen molar-refractivity contribution in [2.75, 3.05) is 6.54 Å². The zero-order chi connectivity index (χ0) is 13.2. The molecule has 0 saturated heterocycles. The minimum atomic E-state index is 0.0940. The molecule has 1 aromatic carbocycles. The highest BCUT2D eigenvalue weighted by Gasteiger charge is 2.27. The Morgan fingerprint density at radius 2 is 2.26 bits per heavy atom. The van der Waals surface area contributed by atoms with Crippen LogP contribution in [-0.2, 0) is 13.0 Å². The highest BCUT2D eigenvalue weighted by atomic mass is 32.1. The first kappa shape index (κ1) is 12.6. The Labute approximate surface area is 117 Å². The zero-order valence-corrected chi connectivity index (χ0v) is 12.1. The number of hydrogen-bond acceptors (Lipinski definition) is 4. The minimum absolute atomic E-state index is 0.0940. The van der Waals surface area contributed by atoms with Crippen LogP contribution in [0.4, 0.5) is 0 Å². The predicted molar refractivity (Wildman–Crippen MR) is 77.7 cm³/mol. The summed E-state index contributed by atoms with van der Waals surface area (Å²) < 4.78 is 5.99. The van der Waals surface area contributed by atoms with Crippen LogP contribution < -0.4 is 10.1 Å². The van der Waals surface area contributed by atoms with Gasteiger partial charge in [-0.1, -0.05) is 25.1 Å². The Morgan fingerprint density at radius 3 is 3.05 bits per heavy atom. The summed E-state index contributed by atoms with van der Waals surface area (Å²) in [4.78, 5) is 6.00. The van der Waals surface area contributed by atoms with Crippen molar-refractivity contribution in [1.82, 2.24) is 10.3 Å². The smallest absolute Gasteiger partial charge is 0.154 e. The molecule has 19 heavy (non-hydrogen) atoms. The Hall–Kier alpha value is -1.39. The van der Waals surface area contributed by atoms with Crippen LogP contribution in [0.3, 0.4) is 0 Å². The molecular formula is C15H18N2OS. The van der Waals surface area contributed by atoms with Gasteiger partial charge in [0.05, 0.1) is 5.69 Å². The summed E-state index contributed by atoms with van der Waals surface area (Å²) in [5.74, 6) is 1.01. The fraction of sp³-hybridized carbons (Fsp3) is 0.400. The van der Waals surface area contributed by atoms with Crippen molar-refractivity contribution in [3.8, 4) is 5.75 Å². The fourth-order valence-corrected chi connectivity index (χ4v) is 3.38. The van der Waals surface area contributed by atoms with Gasteiger partial charge in [-0.3, -0.25) is 0 Å². The van der Waals surface area contributed by atoms with E-state index < -0.39 is 0 Å². The van der Waals surface area contributed by atoms with Crippen LogP contribution in [0.25, 0.3) is 0 Å². The van der Waals surface area contributed by atoms with E-state index in [4.69, 9.17) is 4.74 Å². The quantitative estimate of drug-likeness (QED) is 0.929. The average Bonchev–Trinajstić information content (AvgIpc) is 2.99. The highest BCUT2D eigenvalue weighted by Crippen LogP contribution is 2.38. The van der Waals surface area contributed by atoms with E-state index in [-0.39, 0.29) is 6.10 Å². The number of aryl methyl sites for hydroxylation is 1. The first-order valence-electron chi connectivity index (χ1n) is 6.69. The monoisotopic (exact) mass is 274 g/mol. The molecule has 100 valence electrons. The van der Waals surface area contributed by atoms with Crippen molar-refractivity contribution < 1.29 is 4.74 Å². The number of nitrogens with one attached hydrogen (secondary N) is 1. The molecule has 1 aliphatic heterocycles. The van der Waals surface area contributed by atoms with E-state index in [9.17, 15) is 0 Å². The molecule has 3 rings (SSSR count). The van der Waals surface area contributed by atoms with E-state index in [0.29, 0.717) is 0 Å². The Bertz CT molecular complexity index is 554. The molecule has 0 amide bonds. The lowest BCUT2D eigenvalue weighted by Gasteiger charge is -2.06. The summed E-state index contributed by atoms with van der Waals surface area (Å²) in [5.41, 5.74) is 2.41. The van der Waals surface area contributed by atoms with Gasteiger partial charge in [0.25, 0.3) is 0 Å². The Balaban J connectivity index is 1.78. The van der Waals surface area contributed by atoms with Gasteiger partial charge in [-0.15, -0.1) is 11.3 Å². The van der Waals surface area contributed by atoms with Crippen molar-refractivity contribution in [1.29, 1.82) is 0 Å². The summed E-state index contributed by atoms with van der Waals surface area (Å²) in [6.45, 7) is 6.08. The van der Waals surface area contributed by atoms with Crippen LogP contribution in [0.1, 0.15) is 34.2 Å². The summed E-state index contributed by atoms with van der Waals surface area (Å²) >= 11 is 1.77. The first-order valence-corrected chi connectivity index (χ1v) is 7.51. The second kappa shape index (κ2) is 5.31. The molecule has 0 saturated carbocycles. The maximum absolute atomic E-state index is 5.99. The number of rotatable bonds is 4. The molecule has 0 aliphatic carbocycles. The molecule has 2 aromatic rings. The SMILES string of the molecule is CCNCc1sc(C2Cc3ccccc3O2)nc1C. The number of benzene rings is 1. The van der Waals surface area contributed by atoms with Crippen molar-refractivity contribution in [2.45, 2.75) is 32.9 Å². The van der Waals surface area contributed by atoms with E-state index in [1.807, 2.05) is 12.1 Å². The molecule has 1 atom stereocenters. The maximum Gasteiger partial charge on any atom is 0.154 e. The molecule has 2 heterocycles. The molecule has 1 N–H and O–H groups in total. The first-order chi connectivity index (χ1) is 9.28. The third kappa shape index (κ3) is 2.51. The molecule has 1 aliphatic rings. The van der Waals surface area contributed by atoms with Crippen LogP contribution in [0.5, 0.6) is 5.75 Å². The van der Waals surface area contributed by atoms with Crippen molar-refractivity contribution >= 4 is 11.3 Å². The number of thiazole rings is 1. The number of nitrogens with zero attached hydrogens (tertiary/aromatic N) is 1. The zero-order valence-electron chi connectivity index (χ0n) is 11.3. The van der Waals surface area contributed by atoms with Crippen LogP contribution in [-0.4, -0.2) is 11.5 Å². The third-order valence-corrected chi connectivity index (χ3v) is 4.62. The van der Waals surface area contributed by atoms with Gasteiger partial charge < -0.3 is 10.1 Å². The number of hydrogen-bond donors (Lipinski definition) is 1. The second-order valence-electron chi connectivity index (χ2n) is 4.76. The van der Waals surface area contributed by atoms with Crippen LogP contribution in [0.15, 0.2) is 24.3 Å². The average molecular weight is 274 g/mol. The summed E-state index contributed by atoms with van der Waals surface area (Å²) in [5, 5.41) is 4.45. The predicted octanol–water partition coefficient (Wildman–Crippen LogP) is 3.24. The number of ether oxygens (including phenoxy) is 1. The van der Waals surface area contributed by atoms with Gasteiger partial charge in [-0.25, -0.2) is 4.98 Å². The van der Waals surface area contributed by atoms with Gasteiger partial charge in [0.2, 0.25) is 0 Å². The fourth-order valence-electron chi connectivity index (χ4n) is 2.31. The van der Waals surface area contributed by atoms with Crippen molar-refractivity contribution in [3.63, 3.8) is 0 Å². The molecule has 1 unspecified atom stereocenters. The molecule has 0 fully saturated rings. The topological polar surface area (TPSA) is 34.1 Å². The molecule has 4 heteroatoms. The molecule has 3 nitrogen and oxygen atoms in total. The molecule has 0 radical (unpaired) electrons. The lowest BCUT2D eigenvalue weighted by atomic mass is 10.1. The van der Waals surface area contributed by atoms with Gasteiger partial charge in [-0.2, -0.15) is 0 Å². The Morgan fingerprint density at radius 1 is 1.42 bits per heavy atom. The number of fused-ring (bicyclic) bond motifs is 1. The van der Waals surface area contributed by atoms with Crippen molar-refractivity contribution in [3.05, 3.63) is 45.4 Å². The van der Waals surface area contributed by atoms with E-state index in [1.54, 1.807) is 11.3 Å². The standard InChI is InChI=1S/C15H18N2OS/c1-3-16-9-14-10(2)17-15(19-14)13-8-11-6-4-5-7-12(11)18-13/h4-7,13,16H,3,8-9H2,1-2H3. The molecule has 0 bridgehead atoms. The van der Waals surface area contributed by atoms with Gasteiger partial charge in [0, 0.05) is 17.8 Å². The molecule has 0 spiro atoms. The lowest BCUT2D eigenvalue weighted by Crippen LogP contribution is -2.11. The minimum Gasteiger partial charge on any atom is -0.483 e. The summed E-state index contributed by atoms with van der Waals surface area (Å²) in [6.07, 6.45) is 1.03. The van der Waals surface area contributed by atoms with Gasteiger partial charge in [0.15, 0.2) is 6.10 Å². The van der Waals surface area contributed by atoms with Gasteiger partial charge >= 0.3 is 0 Å². The Kier molecular flexibility index (Phi) is 3.53. The normalized spacial score (nSPS) is 17.3. The largest absolute Gasteiger partial charge is 0.483 e. The third-order valence-electron chi connectivity index (χ3n) is 3.37. The lowest BCUT2D eigenvalue weighted by molar-refractivity contribution is 0.238. The number of para-hydroxylation sites is 1. The van der Waals surface area contributed by atoms with Crippen molar-refractivity contribution in [2.24, 2.45) is 0 Å². The van der Waals surface area contributed by atoms with E-state index in [2.05, 4.69) is 36.3 Å². The van der Waals surface area contributed by atoms with E-state index in [1.165, 1.54) is 10.4 Å². The molecular weight excluding hydrogens is 256 g/mol. The number of aromatic nitrogens is 1. The van der Waals surface area contributed by atoms with E-state index >= 15 is 0 Å². The highest BCUT2D eigenvalue weighted by molar-refractivity contribution is 7.11. The second-order valence-corrected chi connectivity index (χ2v) is 5.87. The van der Waals surface area contributed by atoms with Crippen LogP contribution in [0, 0.1) is 6.92 Å². The van der Waals surface area contributed by atoms with Gasteiger partial charge in [-0.05, 0) is 25.1 Å². The van der Waals surface area contributed by atoms with E-state index in [0.717, 1.165) is 36.0 Å². The summed E-state index contributed by atoms with van der Waals surface area (Å²) in [6, 6.07) is 8.25. The van der Waals surface area contributed by atoms with Crippen LogP contribution >= 0.6 is 11.3 Å². The van der Waals surface area contributed by atoms with Gasteiger partial charge in [0.1, 0.15) is 10.8 Å².